The van der Waals surface area contributed by atoms with Gasteiger partial charge in [-0.2, -0.15) is 0 Å². The molecule has 1 saturated heterocycles. The Morgan fingerprint density at radius 2 is 1.83 bits per heavy atom. The molecule has 3 aliphatic rings. The van der Waals surface area contributed by atoms with E-state index in [2.05, 4.69) is 22.5 Å². The number of amides is 3. The van der Waals surface area contributed by atoms with Crippen LogP contribution in [-0.2, 0) is 30.3 Å². The summed E-state index contributed by atoms with van der Waals surface area (Å²) in [5.41, 5.74) is 4.13. The smallest absolute Gasteiger partial charge is 0.239 e. The van der Waals surface area contributed by atoms with E-state index in [4.69, 9.17) is 9.47 Å². The Hall–Kier alpha value is -3.15. The van der Waals surface area contributed by atoms with Crippen molar-refractivity contribution in [1.29, 1.82) is 0 Å². The van der Waals surface area contributed by atoms with Crippen molar-refractivity contribution in [2.45, 2.75) is 64.5 Å². The Labute approximate surface area is 243 Å². The van der Waals surface area contributed by atoms with Crippen molar-refractivity contribution in [3.05, 3.63) is 47.9 Å². The third-order valence-electron chi connectivity index (χ3n) is 8.38. The maximum Gasteiger partial charge on any atom is 0.239 e. The van der Waals surface area contributed by atoms with E-state index in [9.17, 15) is 19.6 Å². The normalized spacial score (nSPS) is 19.4. The van der Waals surface area contributed by atoms with Gasteiger partial charge < -0.3 is 14.4 Å². The van der Waals surface area contributed by atoms with E-state index in [0.717, 1.165) is 37.9 Å². The van der Waals surface area contributed by atoms with Crippen LogP contribution in [-0.4, -0.2) is 101 Å². The average Bonchev–Trinajstić information content (AvgIpc) is 3.71. The van der Waals surface area contributed by atoms with E-state index >= 15 is 0 Å². The zero-order chi connectivity index (χ0) is 29.2. The standard InChI is InChI=1S/C30H45N5O6/c1-23(2)35(31-30(38)26(18-34(39)21-36)16-24-10-6-7-11-24)19-29(37)33-14-12-32(13-15-33)27(28-20-40-22-41-28)17-25-8-4-3-5-9-25/h3-5,8-9,20-21,23-24,26-27,39H,6-7,10-19,22H2,1-2H3,(H,31,38). The van der Waals surface area contributed by atoms with E-state index in [1.54, 1.807) is 11.3 Å². The summed E-state index contributed by atoms with van der Waals surface area (Å²) in [4.78, 5) is 41.9. The van der Waals surface area contributed by atoms with Crippen molar-refractivity contribution in [2.75, 3.05) is 46.1 Å². The van der Waals surface area contributed by atoms with Crippen LogP contribution in [0.15, 0.2) is 42.4 Å². The number of nitrogens with one attached hydrogen (secondary N) is 1. The first-order valence-electron chi connectivity index (χ1n) is 14.8. The van der Waals surface area contributed by atoms with Gasteiger partial charge in [-0.05, 0) is 38.2 Å². The van der Waals surface area contributed by atoms with Crippen LogP contribution in [0.1, 0.15) is 51.5 Å². The second-order valence-electron chi connectivity index (χ2n) is 11.6. The minimum atomic E-state index is -0.550. The highest BCUT2D eigenvalue weighted by atomic mass is 16.7. The maximum absolute atomic E-state index is 13.4. The van der Waals surface area contributed by atoms with Gasteiger partial charge in [0, 0.05) is 32.2 Å². The highest BCUT2D eigenvalue weighted by Gasteiger charge is 2.33. The number of rotatable bonds is 14. The Balaban J connectivity index is 1.32. The van der Waals surface area contributed by atoms with Crippen LogP contribution in [0.2, 0.25) is 0 Å². The Bertz CT molecular complexity index is 1020. The van der Waals surface area contributed by atoms with E-state index in [1.165, 1.54) is 5.56 Å². The van der Waals surface area contributed by atoms with Crippen molar-refractivity contribution >= 4 is 18.2 Å². The Morgan fingerprint density at radius 1 is 1.12 bits per heavy atom. The zero-order valence-electron chi connectivity index (χ0n) is 24.3. The molecule has 2 aliphatic heterocycles. The lowest BCUT2D eigenvalue weighted by Gasteiger charge is -2.40. The second-order valence-corrected chi connectivity index (χ2v) is 11.6. The van der Waals surface area contributed by atoms with Crippen molar-refractivity contribution in [3.8, 4) is 0 Å². The molecule has 3 amide bonds. The van der Waals surface area contributed by atoms with Gasteiger partial charge in [-0.1, -0.05) is 56.0 Å². The summed E-state index contributed by atoms with van der Waals surface area (Å²) in [6, 6.07) is 10.2. The Morgan fingerprint density at radius 3 is 2.44 bits per heavy atom. The molecule has 4 rings (SSSR count). The molecule has 0 aromatic heterocycles. The quantitative estimate of drug-likeness (QED) is 0.199. The number of hydroxylamine groups is 2. The van der Waals surface area contributed by atoms with E-state index in [-0.39, 0.29) is 43.8 Å². The van der Waals surface area contributed by atoms with Crippen LogP contribution in [0.3, 0.4) is 0 Å². The lowest BCUT2D eigenvalue weighted by atomic mass is 9.92. The molecule has 11 nitrogen and oxygen atoms in total. The molecule has 2 N–H and O–H groups in total. The number of hydrazine groups is 1. The third-order valence-corrected chi connectivity index (χ3v) is 8.38. The summed E-state index contributed by atoms with van der Waals surface area (Å²) >= 11 is 0. The number of hydrogen-bond donors (Lipinski definition) is 2. The van der Waals surface area contributed by atoms with Gasteiger partial charge in [-0.3, -0.25) is 29.9 Å². The number of ether oxygens (including phenoxy) is 2. The van der Waals surface area contributed by atoms with Gasteiger partial charge in [0.05, 0.1) is 25.0 Å². The van der Waals surface area contributed by atoms with Crippen LogP contribution >= 0.6 is 0 Å². The topological polar surface area (TPSA) is 115 Å². The first-order valence-corrected chi connectivity index (χ1v) is 14.8. The summed E-state index contributed by atoms with van der Waals surface area (Å²) < 4.78 is 11.1. The molecule has 0 radical (unpaired) electrons. The fourth-order valence-corrected chi connectivity index (χ4v) is 5.97. The highest BCUT2D eigenvalue weighted by Crippen LogP contribution is 2.31. The van der Waals surface area contributed by atoms with Gasteiger partial charge >= 0.3 is 0 Å². The number of benzene rings is 1. The average molecular weight is 572 g/mol. The molecule has 1 saturated carbocycles. The van der Waals surface area contributed by atoms with Crippen LogP contribution in [0.4, 0.5) is 0 Å². The third kappa shape index (κ3) is 8.92. The molecule has 226 valence electrons. The molecule has 41 heavy (non-hydrogen) atoms. The molecule has 2 unspecified atom stereocenters. The molecule has 1 aromatic rings. The first-order chi connectivity index (χ1) is 19.8. The van der Waals surface area contributed by atoms with Gasteiger partial charge in [0.1, 0.15) is 6.26 Å². The van der Waals surface area contributed by atoms with Crippen LogP contribution in [0.25, 0.3) is 0 Å². The van der Waals surface area contributed by atoms with Crippen LogP contribution < -0.4 is 5.43 Å². The van der Waals surface area contributed by atoms with Gasteiger partial charge in [0.25, 0.3) is 0 Å². The number of carbonyl (C=O) groups is 3. The predicted octanol–water partition coefficient (Wildman–Crippen LogP) is 2.37. The fraction of sp³-hybridized carbons (Fsp3) is 0.633. The fourth-order valence-electron chi connectivity index (χ4n) is 5.97. The van der Waals surface area contributed by atoms with Crippen molar-refractivity contribution in [2.24, 2.45) is 11.8 Å². The largest absolute Gasteiger partial charge is 0.462 e. The number of nitrogens with zero attached hydrogens (tertiary/aromatic N) is 4. The summed E-state index contributed by atoms with van der Waals surface area (Å²) in [7, 11) is 0. The van der Waals surface area contributed by atoms with Crippen molar-refractivity contribution in [1.82, 2.24) is 25.3 Å². The molecule has 0 spiro atoms. The number of carbonyl (C=O) groups excluding carboxylic acids is 3. The predicted molar refractivity (Wildman–Crippen MR) is 152 cm³/mol. The van der Waals surface area contributed by atoms with Crippen LogP contribution in [0.5, 0.6) is 0 Å². The van der Waals surface area contributed by atoms with E-state index < -0.39 is 5.92 Å². The summed E-state index contributed by atoms with van der Waals surface area (Å²) in [6.07, 6.45) is 7.79. The first kappa shape index (κ1) is 30.8. The molecule has 11 heteroatoms. The van der Waals surface area contributed by atoms with Gasteiger partial charge in [-0.15, -0.1) is 0 Å². The zero-order valence-corrected chi connectivity index (χ0v) is 24.3. The van der Waals surface area contributed by atoms with Gasteiger partial charge in [-0.25, -0.2) is 10.1 Å². The minimum absolute atomic E-state index is 0.0258. The lowest BCUT2D eigenvalue weighted by molar-refractivity contribution is -0.156. The van der Waals surface area contributed by atoms with Crippen LogP contribution in [0, 0.1) is 11.8 Å². The minimum Gasteiger partial charge on any atom is -0.462 e. The molecular formula is C30H45N5O6. The second kappa shape index (κ2) is 15.2. The summed E-state index contributed by atoms with van der Waals surface area (Å²) in [6.45, 7) is 6.58. The highest BCUT2D eigenvalue weighted by molar-refractivity contribution is 5.81. The SMILES string of the molecule is CC(C)N(CC(=O)N1CCN(C(Cc2ccccc2)C2=COCO2)CC1)NC(=O)C(CC1CCCC1)CN(O)C=O. The molecule has 1 aliphatic carbocycles. The van der Waals surface area contributed by atoms with E-state index in [0.29, 0.717) is 50.0 Å². The Kier molecular flexibility index (Phi) is 11.4. The molecule has 2 heterocycles. The molecular weight excluding hydrogens is 526 g/mol. The number of piperazine rings is 1. The van der Waals surface area contributed by atoms with Crippen molar-refractivity contribution in [3.63, 3.8) is 0 Å². The van der Waals surface area contributed by atoms with Gasteiger partial charge in [0.15, 0.2) is 5.76 Å². The summed E-state index contributed by atoms with van der Waals surface area (Å²) in [5, 5.41) is 12.0. The molecule has 2 fully saturated rings. The van der Waals surface area contributed by atoms with Crippen molar-refractivity contribution < 1.29 is 29.1 Å². The maximum atomic E-state index is 13.4. The monoisotopic (exact) mass is 571 g/mol. The molecule has 2 atom stereocenters. The molecule has 1 aromatic carbocycles. The van der Waals surface area contributed by atoms with E-state index in [1.807, 2.05) is 36.9 Å². The molecule has 0 bridgehead atoms. The number of hydrogen-bond acceptors (Lipinski definition) is 8. The summed E-state index contributed by atoms with van der Waals surface area (Å²) in [5.74, 6) is 0.331. The van der Waals surface area contributed by atoms with Gasteiger partial charge in [0.2, 0.25) is 25.0 Å². The lowest BCUT2D eigenvalue weighted by Crippen LogP contribution is -2.57.